The summed E-state index contributed by atoms with van der Waals surface area (Å²) in [6.07, 6.45) is -1.49. The summed E-state index contributed by atoms with van der Waals surface area (Å²) >= 11 is 1.57. The number of piperidine rings is 1. The van der Waals surface area contributed by atoms with E-state index in [1.54, 1.807) is 11.3 Å². The molecule has 1 saturated heterocycles. The van der Waals surface area contributed by atoms with Crippen molar-refractivity contribution in [3.63, 3.8) is 0 Å². The summed E-state index contributed by atoms with van der Waals surface area (Å²) in [5.41, 5.74) is -0.923. The molecule has 1 N–H and O–H groups in total. The third kappa shape index (κ3) is 2.65. The van der Waals surface area contributed by atoms with Crippen LogP contribution in [0, 0.1) is 0 Å². The van der Waals surface area contributed by atoms with Crippen LogP contribution in [0.25, 0.3) is 0 Å². The molecule has 0 bridgehead atoms. The lowest BCUT2D eigenvalue weighted by atomic mass is 9.90. The van der Waals surface area contributed by atoms with Crippen LogP contribution in [0.3, 0.4) is 0 Å². The third-order valence-electron chi connectivity index (χ3n) is 4.70. The molecule has 1 aromatic rings. The minimum Gasteiger partial charge on any atom is -0.380 e. The van der Waals surface area contributed by atoms with Crippen LogP contribution in [0.15, 0.2) is 5.38 Å². The van der Waals surface area contributed by atoms with Crippen LogP contribution in [-0.2, 0) is 12.8 Å². The van der Waals surface area contributed by atoms with Gasteiger partial charge in [0, 0.05) is 36.2 Å². The Hall–Kier alpha value is -1.08. The molecule has 1 aliphatic carbocycles. The molecule has 0 saturated carbocycles. The summed E-state index contributed by atoms with van der Waals surface area (Å²) in [5, 5.41) is 11.5. The second-order valence-corrected chi connectivity index (χ2v) is 7.04. The first-order valence-corrected chi connectivity index (χ1v) is 8.37. The van der Waals surface area contributed by atoms with Crippen molar-refractivity contribution in [3.05, 3.63) is 21.4 Å². The van der Waals surface area contributed by atoms with E-state index in [0.29, 0.717) is 5.56 Å². The molecule has 0 spiro atoms. The van der Waals surface area contributed by atoms with E-state index in [9.17, 15) is 23.1 Å². The number of hydrogen-bond donors (Lipinski definition) is 1. The highest BCUT2D eigenvalue weighted by atomic mass is 32.1. The largest absolute Gasteiger partial charge is 0.417 e. The number of aryl methyl sites for hydroxylation is 1. The quantitative estimate of drug-likeness (QED) is 0.858. The smallest absolute Gasteiger partial charge is 0.380 e. The summed E-state index contributed by atoms with van der Waals surface area (Å²) in [6.45, 7) is -0.112. The molecule has 1 aliphatic heterocycles. The standard InChI is InChI=1S/C15H18F3NO2S/c16-15(17,18)14(21)5-7-19(8-6-14)13(20)11-9-22-12-4-2-1-3-10(11)12/h9,21H,1-8H2. The van der Waals surface area contributed by atoms with Crippen molar-refractivity contribution in [1.82, 2.24) is 4.90 Å². The number of carbonyl (C=O) groups is 1. The van der Waals surface area contributed by atoms with Crippen molar-refractivity contribution in [2.75, 3.05) is 13.1 Å². The summed E-state index contributed by atoms with van der Waals surface area (Å²) in [6, 6.07) is 0. The molecule has 0 atom stereocenters. The number of amides is 1. The van der Waals surface area contributed by atoms with Gasteiger partial charge < -0.3 is 10.0 Å². The number of thiophene rings is 1. The fourth-order valence-corrected chi connectivity index (χ4v) is 4.33. The molecule has 0 unspecified atom stereocenters. The van der Waals surface area contributed by atoms with Crippen molar-refractivity contribution in [3.8, 4) is 0 Å². The average molecular weight is 333 g/mol. The topological polar surface area (TPSA) is 40.5 Å². The number of aliphatic hydroxyl groups is 1. The van der Waals surface area contributed by atoms with Gasteiger partial charge in [-0.25, -0.2) is 0 Å². The van der Waals surface area contributed by atoms with E-state index < -0.39 is 24.6 Å². The second-order valence-electron chi connectivity index (χ2n) is 6.08. The molecule has 1 aromatic heterocycles. The minimum atomic E-state index is -4.64. The molecule has 3 rings (SSSR count). The Balaban J connectivity index is 1.72. The van der Waals surface area contributed by atoms with E-state index in [1.807, 2.05) is 5.38 Å². The van der Waals surface area contributed by atoms with E-state index in [0.717, 1.165) is 31.2 Å². The fraction of sp³-hybridized carbons (Fsp3) is 0.667. The molecule has 2 heterocycles. The predicted octanol–water partition coefficient (Wildman–Crippen LogP) is 3.16. The Kier molecular flexibility index (Phi) is 3.97. The number of fused-ring (bicyclic) bond motifs is 1. The fourth-order valence-electron chi connectivity index (χ4n) is 3.21. The number of nitrogens with zero attached hydrogens (tertiary/aromatic N) is 1. The van der Waals surface area contributed by atoms with E-state index in [1.165, 1.54) is 9.78 Å². The lowest BCUT2D eigenvalue weighted by Crippen LogP contribution is -2.54. The number of rotatable bonds is 1. The normalized spacial score (nSPS) is 21.5. The van der Waals surface area contributed by atoms with Crippen LogP contribution in [-0.4, -0.2) is 40.8 Å². The average Bonchev–Trinajstić information content (AvgIpc) is 2.90. The second kappa shape index (κ2) is 5.53. The van der Waals surface area contributed by atoms with E-state index >= 15 is 0 Å². The van der Waals surface area contributed by atoms with Crippen LogP contribution in [0.1, 0.15) is 46.5 Å². The summed E-state index contributed by atoms with van der Waals surface area (Å²) in [7, 11) is 0. The van der Waals surface area contributed by atoms with Gasteiger partial charge in [-0.15, -0.1) is 11.3 Å². The minimum absolute atomic E-state index is 0.0561. The maximum absolute atomic E-state index is 12.8. The SMILES string of the molecule is O=C(c1csc2c1CCCC2)N1CCC(O)(C(F)(F)F)CC1. The van der Waals surface area contributed by atoms with E-state index in [2.05, 4.69) is 0 Å². The van der Waals surface area contributed by atoms with Crippen molar-refractivity contribution in [2.45, 2.75) is 50.3 Å². The van der Waals surface area contributed by atoms with E-state index in [4.69, 9.17) is 0 Å². The zero-order valence-corrected chi connectivity index (χ0v) is 12.9. The predicted molar refractivity (Wildman–Crippen MR) is 77.1 cm³/mol. The Morgan fingerprint density at radius 3 is 2.50 bits per heavy atom. The highest BCUT2D eigenvalue weighted by molar-refractivity contribution is 7.10. The maximum Gasteiger partial charge on any atom is 0.417 e. The van der Waals surface area contributed by atoms with Crippen molar-refractivity contribution in [2.24, 2.45) is 0 Å². The van der Waals surface area contributed by atoms with Gasteiger partial charge in [0.15, 0.2) is 5.60 Å². The van der Waals surface area contributed by atoms with Gasteiger partial charge in [-0.3, -0.25) is 4.79 Å². The Morgan fingerprint density at radius 2 is 1.86 bits per heavy atom. The molecule has 0 aromatic carbocycles. The van der Waals surface area contributed by atoms with Crippen molar-refractivity contribution in [1.29, 1.82) is 0 Å². The Morgan fingerprint density at radius 1 is 1.23 bits per heavy atom. The van der Waals surface area contributed by atoms with Crippen molar-refractivity contribution < 1.29 is 23.1 Å². The third-order valence-corrected chi connectivity index (χ3v) is 5.79. The van der Waals surface area contributed by atoms with Crippen LogP contribution >= 0.6 is 11.3 Å². The van der Waals surface area contributed by atoms with Gasteiger partial charge in [-0.2, -0.15) is 13.2 Å². The van der Waals surface area contributed by atoms with Gasteiger partial charge in [-0.1, -0.05) is 0 Å². The molecule has 2 aliphatic rings. The highest BCUT2D eigenvalue weighted by Crippen LogP contribution is 2.39. The molecule has 122 valence electrons. The Bertz CT molecular complexity index is 574. The molecular weight excluding hydrogens is 315 g/mol. The van der Waals surface area contributed by atoms with Crippen LogP contribution in [0.4, 0.5) is 13.2 Å². The molecule has 3 nitrogen and oxygen atoms in total. The number of hydrogen-bond acceptors (Lipinski definition) is 3. The zero-order valence-electron chi connectivity index (χ0n) is 12.1. The Labute approximate surface area is 130 Å². The highest BCUT2D eigenvalue weighted by Gasteiger charge is 2.55. The van der Waals surface area contributed by atoms with Crippen LogP contribution in [0.2, 0.25) is 0 Å². The first-order valence-electron chi connectivity index (χ1n) is 7.49. The summed E-state index contributed by atoms with van der Waals surface area (Å²) in [4.78, 5) is 15.2. The molecule has 1 amide bonds. The lowest BCUT2D eigenvalue weighted by Gasteiger charge is -2.39. The van der Waals surface area contributed by atoms with Crippen LogP contribution < -0.4 is 0 Å². The number of likely N-dealkylation sites (tertiary alicyclic amines) is 1. The zero-order chi connectivity index (χ0) is 16.0. The monoisotopic (exact) mass is 333 g/mol. The number of alkyl halides is 3. The maximum atomic E-state index is 12.8. The van der Waals surface area contributed by atoms with Gasteiger partial charge in [0.1, 0.15) is 0 Å². The van der Waals surface area contributed by atoms with Gasteiger partial charge in [0.2, 0.25) is 0 Å². The number of carbonyl (C=O) groups excluding carboxylic acids is 1. The number of halogens is 3. The van der Waals surface area contributed by atoms with Gasteiger partial charge in [0.25, 0.3) is 5.91 Å². The van der Waals surface area contributed by atoms with Gasteiger partial charge in [0.05, 0.1) is 5.56 Å². The first kappa shape index (κ1) is 15.8. The van der Waals surface area contributed by atoms with Gasteiger partial charge >= 0.3 is 6.18 Å². The molecule has 22 heavy (non-hydrogen) atoms. The molecular formula is C15H18F3NO2S. The van der Waals surface area contributed by atoms with Crippen LogP contribution in [0.5, 0.6) is 0 Å². The lowest BCUT2D eigenvalue weighted by molar-refractivity contribution is -0.271. The molecule has 0 radical (unpaired) electrons. The van der Waals surface area contributed by atoms with Crippen molar-refractivity contribution >= 4 is 17.2 Å². The first-order chi connectivity index (χ1) is 10.3. The van der Waals surface area contributed by atoms with Gasteiger partial charge in [-0.05, 0) is 31.2 Å². The van der Waals surface area contributed by atoms with E-state index in [-0.39, 0.29) is 19.0 Å². The summed E-state index contributed by atoms with van der Waals surface area (Å²) < 4.78 is 38.4. The summed E-state index contributed by atoms with van der Waals surface area (Å²) in [5.74, 6) is -0.191. The molecule has 1 fully saturated rings. The molecule has 7 heteroatoms.